The predicted octanol–water partition coefficient (Wildman–Crippen LogP) is 2.26. The van der Waals surface area contributed by atoms with Gasteiger partial charge in [-0.1, -0.05) is 12.1 Å². The number of methoxy groups -OCH3 is 1. The Kier molecular flexibility index (Phi) is 5.22. The van der Waals surface area contributed by atoms with Crippen LogP contribution in [0, 0.1) is 5.82 Å². The zero-order chi connectivity index (χ0) is 12.0. The molecule has 0 aliphatic heterocycles. The summed E-state index contributed by atoms with van der Waals surface area (Å²) in [6.45, 7) is 3.10. The van der Waals surface area contributed by atoms with Crippen LogP contribution in [-0.4, -0.2) is 20.3 Å². The number of hydrogen-bond donors (Lipinski definition) is 1. The lowest BCUT2D eigenvalue weighted by Gasteiger charge is -2.14. The summed E-state index contributed by atoms with van der Waals surface area (Å²) in [6.07, 6.45) is 0.595. The number of nitrogens with two attached hydrogens (primary N) is 1. The van der Waals surface area contributed by atoms with E-state index in [-0.39, 0.29) is 17.6 Å². The molecule has 3 nitrogen and oxygen atoms in total. The van der Waals surface area contributed by atoms with Gasteiger partial charge in [0.2, 0.25) is 0 Å². The second kappa shape index (κ2) is 6.45. The molecule has 0 spiro atoms. The van der Waals surface area contributed by atoms with Crippen LogP contribution >= 0.6 is 0 Å². The second-order valence-electron chi connectivity index (χ2n) is 3.46. The lowest BCUT2D eigenvalue weighted by molar-refractivity contribution is 0.139. The van der Waals surface area contributed by atoms with Crippen molar-refractivity contribution in [2.75, 3.05) is 20.3 Å². The normalized spacial score (nSPS) is 12.5. The van der Waals surface area contributed by atoms with E-state index in [9.17, 15) is 4.39 Å². The smallest absolute Gasteiger partial charge is 0.169 e. The van der Waals surface area contributed by atoms with Crippen molar-refractivity contribution >= 4 is 0 Å². The molecule has 16 heavy (non-hydrogen) atoms. The SMILES string of the molecule is CCOCCC(N)c1cccc(OC)c1F. The molecule has 1 aromatic rings. The summed E-state index contributed by atoms with van der Waals surface area (Å²) in [5.74, 6) is -0.154. The third-order valence-electron chi connectivity index (χ3n) is 2.39. The molecule has 0 amide bonds. The molecule has 0 aromatic heterocycles. The quantitative estimate of drug-likeness (QED) is 0.758. The van der Waals surface area contributed by atoms with Gasteiger partial charge >= 0.3 is 0 Å². The molecule has 1 rings (SSSR count). The van der Waals surface area contributed by atoms with E-state index in [0.717, 1.165) is 0 Å². The van der Waals surface area contributed by atoms with Crippen LogP contribution in [0.3, 0.4) is 0 Å². The molecule has 1 atom stereocenters. The summed E-state index contributed by atoms with van der Waals surface area (Å²) >= 11 is 0. The van der Waals surface area contributed by atoms with Gasteiger partial charge in [-0.25, -0.2) is 4.39 Å². The van der Waals surface area contributed by atoms with Gasteiger partial charge < -0.3 is 15.2 Å². The predicted molar refractivity (Wildman–Crippen MR) is 61.0 cm³/mol. The zero-order valence-corrected chi connectivity index (χ0v) is 9.70. The summed E-state index contributed by atoms with van der Waals surface area (Å²) in [5, 5.41) is 0. The fourth-order valence-corrected chi connectivity index (χ4v) is 1.48. The van der Waals surface area contributed by atoms with Gasteiger partial charge in [0.25, 0.3) is 0 Å². The fraction of sp³-hybridized carbons (Fsp3) is 0.500. The number of ether oxygens (including phenoxy) is 2. The number of benzene rings is 1. The fourth-order valence-electron chi connectivity index (χ4n) is 1.48. The first-order valence-corrected chi connectivity index (χ1v) is 5.36. The molecule has 0 saturated heterocycles. The minimum absolute atomic E-state index is 0.226. The monoisotopic (exact) mass is 227 g/mol. The molecular weight excluding hydrogens is 209 g/mol. The van der Waals surface area contributed by atoms with E-state index in [1.807, 2.05) is 6.92 Å². The van der Waals surface area contributed by atoms with Gasteiger partial charge in [-0.15, -0.1) is 0 Å². The van der Waals surface area contributed by atoms with Crippen LogP contribution in [-0.2, 0) is 4.74 Å². The Morgan fingerprint density at radius 1 is 1.44 bits per heavy atom. The van der Waals surface area contributed by atoms with Gasteiger partial charge in [-0.3, -0.25) is 0 Å². The second-order valence-corrected chi connectivity index (χ2v) is 3.46. The molecule has 0 aliphatic rings. The maximum atomic E-state index is 13.8. The number of hydrogen-bond acceptors (Lipinski definition) is 3. The Bertz CT molecular complexity index is 331. The van der Waals surface area contributed by atoms with Gasteiger partial charge in [0.1, 0.15) is 0 Å². The Balaban J connectivity index is 2.71. The molecule has 0 bridgehead atoms. The first-order chi connectivity index (χ1) is 7.70. The van der Waals surface area contributed by atoms with Gasteiger partial charge in [-0.05, 0) is 19.4 Å². The van der Waals surface area contributed by atoms with E-state index in [0.29, 0.717) is 25.2 Å². The van der Waals surface area contributed by atoms with Crippen LogP contribution in [0.2, 0.25) is 0 Å². The van der Waals surface area contributed by atoms with Crippen molar-refractivity contribution in [2.45, 2.75) is 19.4 Å². The molecule has 2 N–H and O–H groups in total. The highest BCUT2D eigenvalue weighted by molar-refractivity contribution is 5.32. The van der Waals surface area contributed by atoms with Gasteiger partial charge in [0.15, 0.2) is 11.6 Å². The van der Waals surface area contributed by atoms with Gasteiger partial charge in [0, 0.05) is 24.8 Å². The van der Waals surface area contributed by atoms with Crippen LogP contribution in [0.15, 0.2) is 18.2 Å². The largest absolute Gasteiger partial charge is 0.494 e. The lowest BCUT2D eigenvalue weighted by Crippen LogP contribution is -2.15. The molecule has 0 fully saturated rings. The Hall–Kier alpha value is -1.13. The minimum Gasteiger partial charge on any atom is -0.494 e. The van der Waals surface area contributed by atoms with Crippen molar-refractivity contribution in [3.63, 3.8) is 0 Å². The van der Waals surface area contributed by atoms with Crippen molar-refractivity contribution in [1.29, 1.82) is 0 Å². The van der Waals surface area contributed by atoms with Crippen molar-refractivity contribution in [3.8, 4) is 5.75 Å². The zero-order valence-electron chi connectivity index (χ0n) is 9.70. The van der Waals surface area contributed by atoms with Crippen molar-refractivity contribution in [2.24, 2.45) is 5.73 Å². The first-order valence-electron chi connectivity index (χ1n) is 5.36. The van der Waals surface area contributed by atoms with Crippen LogP contribution in [0.5, 0.6) is 5.75 Å². The maximum absolute atomic E-state index is 13.8. The van der Waals surface area contributed by atoms with Crippen LogP contribution in [0.25, 0.3) is 0 Å². The standard InChI is InChI=1S/C12H18FNO2/c1-3-16-8-7-10(14)9-5-4-6-11(15-2)12(9)13/h4-6,10H,3,7-8,14H2,1-2H3. The molecule has 0 radical (unpaired) electrons. The average molecular weight is 227 g/mol. The molecule has 0 heterocycles. The molecule has 1 aromatic carbocycles. The van der Waals surface area contributed by atoms with E-state index in [4.69, 9.17) is 15.2 Å². The average Bonchev–Trinajstić information content (AvgIpc) is 2.29. The highest BCUT2D eigenvalue weighted by Gasteiger charge is 2.14. The molecule has 4 heteroatoms. The van der Waals surface area contributed by atoms with Crippen molar-refractivity contribution < 1.29 is 13.9 Å². The van der Waals surface area contributed by atoms with E-state index < -0.39 is 0 Å². The van der Waals surface area contributed by atoms with Crippen LogP contribution < -0.4 is 10.5 Å². The summed E-state index contributed by atoms with van der Waals surface area (Å²) in [6, 6.07) is 4.63. The molecule has 0 saturated carbocycles. The van der Waals surface area contributed by atoms with E-state index in [1.165, 1.54) is 7.11 Å². The number of rotatable bonds is 6. The summed E-state index contributed by atoms with van der Waals surface area (Å²) < 4.78 is 23.9. The Morgan fingerprint density at radius 2 is 2.19 bits per heavy atom. The minimum atomic E-state index is -0.381. The van der Waals surface area contributed by atoms with Crippen molar-refractivity contribution in [3.05, 3.63) is 29.6 Å². The Morgan fingerprint density at radius 3 is 2.81 bits per heavy atom. The van der Waals surface area contributed by atoms with E-state index in [1.54, 1.807) is 18.2 Å². The van der Waals surface area contributed by atoms with Gasteiger partial charge in [0.05, 0.1) is 7.11 Å². The third kappa shape index (κ3) is 3.18. The molecular formula is C12H18FNO2. The first kappa shape index (κ1) is 12.9. The number of halogens is 1. The Labute approximate surface area is 95.4 Å². The van der Waals surface area contributed by atoms with Crippen LogP contribution in [0.4, 0.5) is 4.39 Å². The summed E-state index contributed by atoms with van der Waals surface area (Å²) in [7, 11) is 1.44. The van der Waals surface area contributed by atoms with Crippen molar-refractivity contribution in [1.82, 2.24) is 0 Å². The highest BCUT2D eigenvalue weighted by Crippen LogP contribution is 2.25. The molecule has 0 aliphatic carbocycles. The maximum Gasteiger partial charge on any atom is 0.169 e. The van der Waals surface area contributed by atoms with Crippen LogP contribution in [0.1, 0.15) is 24.9 Å². The van der Waals surface area contributed by atoms with Gasteiger partial charge in [-0.2, -0.15) is 0 Å². The lowest BCUT2D eigenvalue weighted by atomic mass is 10.0. The summed E-state index contributed by atoms with van der Waals surface area (Å²) in [4.78, 5) is 0. The molecule has 90 valence electrons. The van der Waals surface area contributed by atoms with E-state index >= 15 is 0 Å². The highest BCUT2D eigenvalue weighted by atomic mass is 19.1. The summed E-state index contributed by atoms with van der Waals surface area (Å²) in [5.41, 5.74) is 6.36. The topological polar surface area (TPSA) is 44.5 Å². The third-order valence-corrected chi connectivity index (χ3v) is 2.39. The molecule has 1 unspecified atom stereocenters. The van der Waals surface area contributed by atoms with E-state index in [2.05, 4.69) is 0 Å².